The molecule has 3 aliphatic heterocycles. The summed E-state index contributed by atoms with van der Waals surface area (Å²) < 4.78 is 68.5. The number of ether oxygens (including phenoxy) is 4. The minimum atomic E-state index is -4.59. The van der Waals surface area contributed by atoms with Crippen LogP contribution in [0.2, 0.25) is 0 Å². The van der Waals surface area contributed by atoms with E-state index in [9.17, 15) is 32.3 Å². The number of cyclic esters (lactones) is 1. The third-order valence-electron chi connectivity index (χ3n) is 13.4. The maximum absolute atomic E-state index is 14.7. The second-order valence-corrected chi connectivity index (χ2v) is 19.9. The van der Waals surface area contributed by atoms with Crippen LogP contribution in [-0.4, -0.2) is 145 Å². The molecule has 4 atom stereocenters. The fraction of sp³-hybridized carbons (Fsp3) is 0.519. The number of nitrogens with zero attached hydrogens (tertiary/aromatic N) is 5. The molecule has 2 aromatic heterocycles. The number of nitrogens with one attached hydrogen (secondary N) is 2. The number of carbonyl (C=O) groups excluding carboxylic acids is 4. The van der Waals surface area contributed by atoms with E-state index in [0.29, 0.717) is 70.5 Å². The van der Waals surface area contributed by atoms with Gasteiger partial charge in [-0.2, -0.15) is 13.2 Å². The van der Waals surface area contributed by atoms with Gasteiger partial charge in [-0.15, -0.1) is 0 Å². The molecule has 2 fully saturated rings. The van der Waals surface area contributed by atoms with Crippen molar-refractivity contribution in [3.05, 3.63) is 77.6 Å². The van der Waals surface area contributed by atoms with Crippen LogP contribution in [0.4, 0.5) is 13.2 Å². The standard InChI is InChI=1S/C52H64F3N7O8/c1-32(67-8)45-37(15-11-21-56-45)46-39-26-50(2,3)31-70-49(66)40-16-12-22-62(58-40)48(65)41(24-33-13-10-14-34(23-33)35-17-18-42(38(39)25-35)61(46)30-52(53,54)55)57-47(64)43(68-9)29-69-36-27-60(28-36)44(63)19-20-51(4,5)59(6)7/h10-11,13-15,17-18,21,23,25,32,36,40-41,43,58H,12,16,22,24,26-31H2,1-9H3,(H,57,64)/t32-,40-,41-,43-/m0/s1. The van der Waals surface area contributed by atoms with E-state index in [2.05, 4.69) is 27.6 Å². The predicted molar refractivity (Wildman–Crippen MR) is 257 cm³/mol. The van der Waals surface area contributed by atoms with Crippen molar-refractivity contribution in [2.24, 2.45) is 5.41 Å². The Labute approximate surface area is 407 Å². The summed E-state index contributed by atoms with van der Waals surface area (Å²) in [6.07, 6.45) is -3.93. The van der Waals surface area contributed by atoms with E-state index >= 15 is 0 Å². The zero-order valence-corrected chi connectivity index (χ0v) is 41.4. The number of carbonyl (C=O) groups is 4. The zero-order chi connectivity index (χ0) is 50.7. The summed E-state index contributed by atoms with van der Waals surface area (Å²) in [4.78, 5) is 63.2. The summed E-state index contributed by atoms with van der Waals surface area (Å²) in [6.45, 7) is 8.75. The van der Waals surface area contributed by atoms with Gasteiger partial charge in [0, 0.05) is 68.4 Å². The number of aromatic nitrogens is 2. The van der Waals surface area contributed by atoms with Crippen molar-refractivity contribution in [2.75, 3.05) is 61.2 Å². The summed E-state index contributed by atoms with van der Waals surface area (Å²) in [5, 5.41) is 4.82. The Morgan fingerprint density at radius 1 is 1.04 bits per heavy atom. The molecule has 2 aromatic carbocycles. The van der Waals surface area contributed by atoms with E-state index in [-0.39, 0.29) is 44.6 Å². The van der Waals surface area contributed by atoms with E-state index in [0.717, 1.165) is 5.56 Å². The van der Waals surface area contributed by atoms with E-state index < -0.39 is 65.8 Å². The van der Waals surface area contributed by atoms with Crippen LogP contribution in [0.1, 0.15) is 70.4 Å². The Bertz CT molecular complexity index is 2650. The monoisotopic (exact) mass is 971 g/mol. The molecule has 3 amide bonds. The van der Waals surface area contributed by atoms with E-state index in [1.165, 1.54) is 23.8 Å². The summed E-state index contributed by atoms with van der Waals surface area (Å²) in [5.74, 6) is 3.71. The topological polar surface area (TPSA) is 157 Å². The van der Waals surface area contributed by atoms with Crippen LogP contribution in [0.3, 0.4) is 0 Å². The number of hydrogen-bond acceptors (Lipinski definition) is 11. The van der Waals surface area contributed by atoms with E-state index in [1.54, 1.807) is 42.3 Å². The highest BCUT2D eigenvalue weighted by atomic mass is 19.4. The van der Waals surface area contributed by atoms with E-state index in [1.807, 2.05) is 77.0 Å². The predicted octanol–water partition coefficient (Wildman–Crippen LogP) is 5.87. The molecule has 0 radical (unpaired) electrons. The SMILES string of the molecule is CO[C@@H](COC1CN(C(=O)C#CC(C)(C)N(C)C)C1)C(=O)N[C@H]1Cc2cccc(c2)-c2ccc3c(c2)c(c(-c2cccnc2[C@H](C)OC)n3CC(F)(F)F)CC(C)(C)COC(=O)[C@@H]2CCCN(N2)C1=O. The molecule has 2 N–H and O–H groups in total. The molecule has 376 valence electrons. The van der Waals surface area contributed by atoms with Gasteiger partial charge in [-0.05, 0) is 107 Å². The minimum absolute atomic E-state index is 0.0314. The zero-order valence-electron chi connectivity index (χ0n) is 41.4. The number of fused-ring (bicyclic) bond motifs is 6. The molecule has 15 nitrogen and oxygen atoms in total. The van der Waals surface area contributed by atoms with Gasteiger partial charge in [0.2, 0.25) is 0 Å². The molecule has 7 rings (SSSR count). The van der Waals surface area contributed by atoms with Gasteiger partial charge in [0.1, 0.15) is 18.6 Å². The largest absolute Gasteiger partial charge is 0.464 e. The van der Waals surface area contributed by atoms with Crippen LogP contribution in [-0.2, 0) is 57.5 Å². The van der Waals surface area contributed by atoms with Crippen LogP contribution < -0.4 is 10.7 Å². The number of methoxy groups -OCH3 is 2. The van der Waals surface area contributed by atoms with Crippen LogP contribution in [0.15, 0.2) is 60.8 Å². The lowest BCUT2D eigenvalue weighted by Crippen LogP contribution is -2.61. The van der Waals surface area contributed by atoms with Gasteiger partial charge >= 0.3 is 12.1 Å². The minimum Gasteiger partial charge on any atom is -0.464 e. The smallest absolute Gasteiger partial charge is 0.406 e. The van der Waals surface area contributed by atoms with Crippen molar-refractivity contribution in [1.82, 2.24) is 35.1 Å². The molecule has 6 bridgehead atoms. The first-order valence-corrected chi connectivity index (χ1v) is 23.6. The number of rotatable bonds is 11. The number of amides is 3. The first-order valence-electron chi connectivity index (χ1n) is 23.6. The van der Waals surface area contributed by atoms with Crippen LogP contribution in [0.25, 0.3) is 33.3 Å². The Morgan fingerprint density at radius 2 is 1.79 bits per heavy atom. The van der Waals surface area contributed by atoms with Crippen LogP contribution in [0.5, 0.6) is 0 Å². The van der Waals surface area contributed by atoms with Crippen molar-refractivity contribution in [1.29, 1.82) is 0 Å². The third-order valence-corrected chi connectivity index (χ3v) is 13.4. The highest BCUT2D eigenvalue weighted by Gasteiger charge is 2.38. The fourth-order valence-electron chi connectivity index (χ4n) is 8.85. The fourth-order valence-corrected chi connectivity index (χ4v) is 8.85. The highest BCUT2D eigenvalue weighted by molar-refractivity contribution is 5.96. The first kappa shape index (κ1) is 52.0. The number of halogens is 3. The van der Waals surface area contributed by atoms with Crippen molar-refractivity contribution >= 4 is 34.6 Å². The number of benzene rings is 2. The van der Waals surface area contributed by atoms with Crippen molar-refractivity contribution in [3.8, 4) is 34.2 Å². The quantitative estimate of drug-likeness (QED) is 0.137. The number of likely N-dealkylation sites (tertiary alicyclic amines) is 1. The van der Waals surface area contributed by atoms with Crippen molar-refractivity contribution in [3.63, 3.8) is 0 Å². The van der Waals surface area contributed by atoms with Gasteiger partial charge < -0.3 is 33.7 Å². The summed E-state index contributed by atoms with van der Waals surface area (Å²) in [7, 11) is 6.66. The lowest BCUT2D eigenvalue weighted by atomic mass is 9.84. The molecule has 0 saturated carbocycles. The second kappa shape index (κ2) is 21.3. The lowest BCUT2D eigenvalue weighted by Gasteiger charge is -2.38. The number of pyridine rings is 1. The Morgan fingerprint density at radius 3 is 2.49 bits per heavy atom. The molecule has 70 heavy (non-hydrogen) atoms. The summed E-state index contributed by atoms with van der Waals surface area (Å²) in [5.41, 5.74) is 6.18. The highest BCUT2D eigenvalue weighted by Crippen LogP contribution is 2.43. The third kappa shape index (κ3) is 12.0. The molecule has 18 heteroatoms. The molecule has 5 heterocycles. The Balaban J connectivity index is 1.22. The van der Waals surface area contributed by atoms with Crippen molar-refractivity contribution in [2.45, 2.75) is 109 Å². The summed E-state index contributed by atoms with van der Waals surface area (Å²) in [6, 6.07) is 14.2. The number of hydrazine groups is 1. The van der Waals surface area contributed by atoms with Gasteiger partial charge in [0.25, 0.3) is 17.7 Å². The average Bonchev–Trinajstić information content (AvgIpc) is 3.59. The van der Waals surface area contributed by atoms with Gasteiger partial charge in [0.05, 0.1) is 42.3 Å². The lowest BCUT2D eigenvalue weighted by molar-refractivity contribution is -0.156. The maximum Gasteiger partial charge on any atom is 0.406 e. The normalized spacial score (nSPS) is 20.0. The molecular formula is C52H64F3N7O8. The Kier molecular flexibility index (Phi) is 15.8. The van der Waals surface area contributed by atoms with E-state index in [4.69, 9.17) is 18.9 Å². The molecule has 0 spiro atoms. The molecule has 0 aliphatic carbocycles. The molecular weight excluding hydrogens is 908 g/mol. The van der Waals surface area contributed by atoms with Crippen molar-refractivity contribution < 1.29 is 51.3 Å². The molecule has 0 unspecified atom stereocenters. The van der Waals surface area contributed by atoms with Gasteiger partial charge in [-0.1, -0.05) is 50.1 Å². The number of esters is 1. The first-order chi connectivity index (χ1) is 33.1. The van der Waals surface area contributed by atoms with Gasteiger partial charge in [-0.25, -0.2) is 5.43 Å². The van der Waals surface area contributed by atoms with Gasteiger partial charge in [0.15, 0.2) is 6.10 Å². The molecule has 3 aliphatic rings. The second-order valence-electron chi connectivity index (χ2n) is 19.9. The number of hydrogen-bond donors (Lipinski definition) is 2. The molecule has 4 aromatic rings. The van der Waals surface area contributed by atoms with Crippen LogP contribution in [0, 0.1) is 17.3 Å². The van der Waals surface area contributed by atoms with Gasteiger partial charge in [-0.3, -0.25) is 34.1 Å². The number of alkyl halides is 3. The molecule has 2 saturated heterocycles. The van der Waals surface area contributed by atoms with Crippen LogP contribution >= 0.6 is 0 Å². The average molecular weight is 972 g/mol. The maximum atomic E-state index is 14.7. The summed E-state index contributed by atoms with van der Waals surface area (Å²) >= 11 is 0. The Hall–Kier alpha value is -5.84.